The fourth-order valence-corrected chi connectivity index (χ4v) is 1.31. The van der Waals surface area contributed by atoms with E-state index in [9.17, 15) is 0 Å². The van der Waals surface area contributed by atoms with Crippen molar-refractivity contribution >= 4 is 5.71 Å². The van der Waals surface area contributed by atoms with Gasteiger partial charge >= 0.3 is 0 Å². The number of ether oxygens (including phenoxy) is 1. The topological polar surface area (TPSA) is 21.6 Å². The lowest BCUT2D eigenvalue weighted by molar-refractivity contribution is 0.208. The summed E-state index contributed by atoms with van der Waals surface area (Å²) in [5.41, 5.74) is 2.37. The number of nitrogens with zero attached hydrogens (tertiary/aromatic N) is 1. The smallest absolute Gasteiger partial charge is 0.0658 e. The molecule has 2 heteroatoms. The Labute approximate surface area is 85.6 Å². The molecule has 0 spiro atoms. The average Bonchev–Trinajstić information content (AvgIpc) is 2.26. The van der Waals surface area contributed by atoms with Gasteiger partial charge in [0.1, 0.15) is 0 Å². The highest BCUT2D eigenvalue weighted by Crippen LogP contribution is 2.04. The SMILES string of the molecule is CCC(=NCCOC)c1ccccc1. The van der Waals surface area contributed by atoms with E-state index in [4.69, 9.17) is 4.74 Å². The van der Waals surface area contributed by atoms with Gasteiger partial charge in [-0.05, 0) is 12.0 Å². The maximum Gasteiger partial charge on any atom is 0.0658 e. The lowest BCUT2D eigenvalue weighted by Gasteiger charge is -2.03. The van der Waals surface area contributed by atoms with E-state index in [0.717, 1.165) is 18.7 Å². The van der Waals surface area contributed by atoms with Crippen LogP contribution in [0.25, 0.3) is 0 Å². The Hall–Kier alpha value is -1.15. The van der Waals surface area contributed by atoms with Crippen LogP contribution in [0.2, 0.25) is 0 Å². The molecule has 0 aliphatic carbocycles. The van der Waals surface area contributed by atoms with Crippen LogP contribution in [0, 0.1) is 0 Å². The molecule has 1 aromatic carbocycles. The molecule has 0 saturated heterocycles. The van der Waals surface area contributed by atoms with Crippen LogP contribution in [0.3, 0.4) is 0 Å². The van der Waals surface area contributed by atoms with Crippen molar-refractivity contribution in [2.75, 3.05) is 20.3 Å². The van der Waals surface area contributed by atoms with Gasteiger partial charge in [0.25, 0.3) is 0 Å². The third-order valence-corrected chi connectivity index (χ3v) is 2.04. The first-order valence-electron chi connectivity index (χ1n) is 4.96. The zero-order valence-electron chi connectivity index (χ0n) is 8.86. The Balaban J connectivity index is 2.67. The first-order valence-corrected chi connectivity index (χ1v) is 4.96. The van der Waals surface area contributed by atoms with E-state index in [1.54, 1.807) is 7.11 Å². The predicted molar refractivity (Wildman–Crippen MR) is 60.0 cm³/mol. The van der Waals surface area contributed by atoms with Crippen molar-refractivity contribution < 1.29 is 4.74 Å². The average molecular weight is 191 g/mol. The first kappa shape index (κ1) is 10.9. The van der Waals surface area contributed by atoms with Crippen molar-refractivity contribution in [3.8, 4) is 0 Å². The van der Waals surface area contributed by atoms with Crippen molar-refractivity contribution in [1.82, 2.24) is 0 Å². The molecule has 0 aromatic heterocycles. The van der Waals surface area contributed by atoms with Crippen LogP contribution >= 0.6 is 0 Å². The zero-order chi connectivity index (χ0) is 10.2. The fourth-order valence-electron chi connectivity index (χ4n) is 1.31. The van der Waals surface area contributed by atoms with E-state index in [1.165, 1.54) is 5.56 Å². The minimum Gasteiger partial charge on any atom is -0.383 e. The molecule has 76 valence electrons. The van der Waals surface area contributed by atoms with Crippen LogP contribution in [0.1, 0.15) is 18.9 Å². The van der Waals surface area contributed by atoms with Crippen molar-refractivity contribution in [2.45, 2.75) is 13.3 Å². The minimum atomic E-state index is 0.691. The van der Waals surface area contributed by atoms with E-state index >= 15 is 0 Å². The monoisotopic (exact) mass is 191 g/mol. The third-order valence-electron chi connectivity index (χ3n) is 2.04. The molecule has 0 aliphatic rings. The van der Waals surface area contributed by atoms with Crippen LogP contribution in [0.5, 0.6) is 0 Å². The van der Waals surface area contributed by atoms with Crippen molar-refractivity contribution in [2.24, 2.45) is 4.99 Å². The molecule has 0 aliphatic heterocycles. The maximum atomic E-state index is 4.97. The number of benzene rings is 1. The van der Waals surface area contributed by atoms with Crippen LogP contribution < -0.4 is 0 Å². The van der Waals surface area contributed by atoms with Gasteiger partial charge in [-0.1, -0.05) is 37.3 Å². The number of hydrogen-bond donors (Lipinski definition) is 0. The third kappa shape index (κ3) is 3.30. The predicted octanol–water partition coefficient (Wildman–Crippen LogP) is 2.53. The lowest BCUT2D eigenvalue weighted by Crippen LogP contribution is -2.02. The summed E-state index contributed by atoms with van der Waals surface area (Å²) in [4.78, 5) is 4.49. The molecular weight excluding hydrogens is 174 g/mol. The van der Waals surface area contributed by atoms with Gasteiger partial charge in [-0.3, -0.25) is 4.99 Å². The van der Waals surface area contributed by atoms with Crippen LogP contribution in [0.15, 0.2) is 35.3 Å². The van der Waals surface area contributed by atoms with Crippen molar-refractivity contribution in [3.05, 3.63) is 35.9 Å². The number of methoxy groups -OCH3 is 1. The Morgan fingerprint density at radius 1 is 1.29 bits per heavy atom. The van der Waals surface area contributed by atoms with E-state index in [-0.39, 0.29) is 0 Å². The van der Waals surface area contributed by atoms with Crippen LogP contribution in [-0.4, -0.2) is 26.0 Å². The summed E-state index contributed by atoms with van der Waals surface area (Å²) in [7, 11) is 1.70. The maximum absolute atomic E-state index is 4.97. The molecule has 2 nitrogen and oxygen atoms in total. The molecule has 14 heavy (non-hydrogen) atoms. The van der Waals surface area contributed by atoms with Crippen LogP contribution in [-0.2, 0) is 4.74 Å². The molecule has 1 aromatic rings. The summed E-state index contributed by atoms with van der Waals surface area (Å²) in [5.74, 6) is 0. The van der Waals surface area contributed by atoms with Crippen molar-refractivity contribution in [1.29, 1.82) is 0 Å². The van der Waals surface area contributed by atoms with E-state index in [0.29, 0.717) is 6.61 Å². The highest BCUT2D eigenvalue weighted by Gasteiger charge is 1.98. The molecule has 0 N–H and O–H groups in total. The molecule has 0 unspecified atom stereocenters. The second-order valence-electron chi connectivity index (χ2n) is 3.04. The summed E-state index contributed by atoms with van der Waals surface area (Å²) < 4.78 is 4.97. The number of hydrogen-bond acceptors (Lipinski definition) is 2. The first-order chi connectivity index (χ1) is 6.88. The Kier molecular flexibility index (Phi) is 4.94. The molecule has 0 fully saturated rings. The summed E-state index contributed by atoms with van der Waals surface area (Å²) in [6.07, 6.45) is 0.966. The normalized spacial score (nSPS) is 11.7. The number of aliphatic imine (C=N–C) groups is 1. The van der Waals surface area contributed by atoms with Gasteiger partial charge in [0, 0.05) is 12.8 Å². The van der Waals surface area contributed by atoms with Gasteiger partial charge in [0.2, 0.25) is 0 Å². The summed E-state index contributed by atoms with van der Waals surface area (Å²) in [6.45, 7) is 3.56. The largest absolute Gasteiger partial charge is 0.383 e. The zero-order valence-corrected chi connectivity index (χ0v) is 8.86. The molecular formula is C12H17NO. The minimum absolute atomic E-state index is 0.691. The van der Waals surface area contributed by atoms with Gasteiger partial charge in [-0.25, -0.2) is 0 Å². The van der Waals surface area contributed by atoms with Crippen molar-refractivity contribution in [3.63, 3.8) is 0 Å². The van der Waals surface area contributed by atoms with E-state index in [2.05, 4.69) is 24.0 Å². The quantitative estimate of drug-likeness (QED) is 0.517. The Bertz CT molecular complexity index is 280. The molecule has 0 atom stereocenters. The van der Waals surface area contributed by atoms with Gasteiger partial charge in [-0.15, -0.1) is 0 Å². The Morgan fingerprint density at radius 3 is 2.57 bits per heavy atom. The molecule has 0 bridgehead atoms. The lowest BCUT2D eigenvalue weighted by atomic mass is 10.1. The fraction of sp³-hybridized carbons (Fsp3) is 0.417. The standard InChI is InChI=1S/C12H17NO/c1-3-12(13-9-10-14-2)11-7-5-4-6-8-11/h4-8H,3,9-10H2,1-2H3. The Morgan fingerprint density at radius 2 is 2.00 bits per heavy atom. The molecule has 0 saturated carbocycles. The second kappa shape index (κ2) is 6.33. The van der Waals surface area contributed by atoms with Gasteiger partial charge < -0.3 is 4.74 Å². The number of rotatable bonds is 5. The highest BCUT2D eigenvalue weighted by molar-refractivity contribution is 6.00. The molecule has 0 radical (unpaired) electrons. The van der Waals surface area contributed by atoms with Crippen LogP contribution in [0.4, 0.5) is 0 Å². The molecule has 1 rings (SSSR count). The van der Waals surface area contributed by atoms with E-state index in [1.807, 2.05) is 18.2 Å². The second-order valence-corrected chi connectivity index (χ2v) is 3.04. The summed E-state index contributed by atoms with van der Waals surface area (Å²) in [5, 5.41) is 0. The summed E-state index contributed by atoms with van der Waals surface area (Å²) in [6, 6.07) is 10.3. The van der Waals surface area contributed by atoms with E-state index < -0.39 is 0 Å². The molecule has 0 heterocycles. The summed E-state index contributed by atoms with van der Waals surface area (Å²) >= 11 is 0. The van der Waals surface area contributed by atoms with Gasteiger partial charge in [-0.2, -0.15) is 0 Å². The van der Waals surface area contributed by atoms with Gasteiger partial charge in [0.05, 0.1) is 13.2 Å². The van der Waals surface area contributed by atoms with Gasteiger partial charge in [0.15, 0.2) is 0 Å². The highest BCUT2D eigenvalue weighted by atomic mass is 16.5. The molecule has 0 amide bonds.